The van der Waals surface area contributed by atoms with Gasteiger partial charge in [0.2, 0.25) is 6.10 Å². The second-order valence-electron chi connectivity index (χ2n) is 10.2. The molecule has 0 aliphatic carbocycles. The maximum atomic E-state index is 16.4. The summed E-state index contributed by atoms with van der Waals surface area (Å²) in [4.78, 5) is 65.7. The third kappa shape index (κ3) is 8.22. The molecule has 4 atom stereocenters. The van der Waals surface area contributed by atoms with Gasteiger partial charge < -0.3 is 23.7 Å². The Kier molecular flexibility index (Phi) is 10.6. The average Bonchev–Trinajstić information content (AvgIpc) is 3.08. The van der Waals surface area contributed by atoms with E-state index in [4.69, 9.17) is 23.7 Å². The first-order chi connectivity index (χ1) is 18.1. The molecule has 0 bridgehead atoms. The Labute approximate surface area is 225 Å². The summed E-state index contributed by atoms with van der Waals surface area (Å²) < 4.78 is 43.5. The summed E-state index contributed by atoms with van der Waals surface area (Å²) in [5.74, 6) is -7.55. The Morgan fingerprint density at radius 3 is 2.08 bits per heavy atom. The summed E-state index contributed by atoms with van der Waals surface area (Å²) in [5.41, 5.74) is -1.02. The molecule has 0 saturated carbocycles. The summed E-state index contributed by atoms with van der Waals surface area (Å²) in [5, 5.41) is 2.28. The second-order valence-corrected chi connectivity index (χ2v) is 10.2. The number of carbonyl (C=O) groups is 4. The van der Waals surface area contributed by atoms with Crippen molar-refractivity contribution in [3.05, 3.63) is 22.7 Å². The number of carbonyl (C=O) groups excluding carboxylic acids is 4. The van der Waals surface area contributed by atoms with Gasteiger partial charge in [-0.25, -0.2) is 14.0 Å². The lowest BCUT2D eigenvalue weighted by molar-refractivity contribution is -0.226. The van der Waals surface area contributed by atoms with Crippen LogP contribution in [-0.4, -0.2) is 64.3 Å². The number of rotatable bonds is 10. The van der Waals surface area contributed by atoms with Gasteiger partial charge in [0.05, 0.1) is 23.9 Å². The molecule has 1 aromatic rings. The number of anilines is 1. The molecule has 0 unspecified atom stereocenters. The van der Waals surface area contributed by atoms with Gasteiger partial charge in [-0.2, -0.15) is 4.98 Å². The molecule has 1 saturated heterocycles. The van der Waals surface area contributed by atoms with Crippen molar-refractivity contribution in [3.63, 3.8) is 0 Å². The van der Waals surface area contributed by atoms with E-state index in [1.54, 1.807) is 13.8 Å². The zero-order chi connectivity index (χ0) is 29.7. The van der Waals surface area contributed by atoms with Crippen LogP contribution in [0.5, 0.6) is 0 Å². The first-order valence-corrected chi connectivity index (χ1v) is 12.6. The van der Waals surface area contributed by atoms with Crippen LogP contribution in [-0.2, 0) is 38.1 Å². The fourth-order valence-electron chi connectivity index (χ4n) is 3.23. The van der Waals surface area contributed by atoms with Gasteiger partial charge in [-0.3, -0.25) is 24.3 Å². The predicted octanol–water partition coefficient (Wildman–Crippen LogP) is 2.73. The molecule has 14 heteroatoms. The van der Waals surface area contributed by atoms with Crippen LogP contribution in [0.2, 0.25) is 0 Å². The molecule has 218 valence electrons. The van der Waals surface area contributed by atoms with Crippen molar-refractivity contribution in [2.24, 2.45) is 17.8 Å². The maximum Gasteiger partial charge on any atom is 0.413 e. The molecule has 1 aliphatic rings. The van der Waals surface area contributed by atoms with Gasteiger partial charge in [-0.05, 0) is 19.9 Å². The van der Waals surface area contributed by atoms with E-state index in [0.29, 0.717) is 0 Å². The van der Waals surface area contributed by atoms with Gasteiger partial charge in [-0.15, -0.1) is 0 Å². The van der Waals surface area contributed by atoms with E-state index >= 15 is 4.39 Å². The van der Waals surface area contributed by atoms with E-state index in [0.717, 1.165) is 10.8 Å². The number of esters is 3. The number of halogens is 1. The molecular formula is C25H36FN3O10. The van der Waals surface area contributed by atoms with Gasteiger partial charge in [0, 0.05) is 6.20 Å². The van der Waals surface area contributed by atoms with E-state index in [1.807, 2.05) is 0 Å². The molecule has 1 amide bonds. The van der Waals surface area contributed by atoms with Crippen molar-refractivity contribution in [3.8, 4) is 0 Å². The standard InChI is InChI=1S/C25H36FN3O10/c1-12(2)20(30)35-11-25(26)18(38-22(32)14(5)6)17(37-21(31)13(3)4)19(39-25)29-10-9-16(27-23(29)33)28-24(34)36-15(7)8/h9-10,12-15,17-19H,11H2,1-8H3,(H,27,28,33,34)/t17-,18+,19-,25-/m1/s1. The minimum atomic E-state index is -3.00. The number of aromatic nitrogens is 2. The highest BCUT2D eigenvalue weighted by Gasteiger charge is 2.62. The summed E-state index contributed by atoms with van der Waals surface area (Å²) in [6.07, 6.45) is -5.43. The van der Waals surface area contributed by atoms with Gasteiger partial charge >= 0.3 is 29.7 Å². The smallest absolute Gasteiger partial charge is 0.413 e. The Balaban J connectivity index is 2.52. The van der Waals surface area contributed by atoms with Crippen LogP contribution in [0, 0.1) is 17.8 Å². The molecule has 13 nitrogen and oxygen atoms in total. The van der Waals surface area contributed by atoms with Crippen LogP contribution in [0.15, 0.2) is 17.1 Å². The number of nitrogens with zero attached hydrogens (tertiary/aromatic N) is 2. The topological polar surface area (TPSA) is 161 Å². The molecule has 2 heterocycles. The molecular weight excluding hydrogens is 521 g/mol. The number of hydrogen-bond donors (Lipinski definition) is 1. The van der Waals surface area contributed by atoms with Crippen LogP contribution >= 0.6 is 0 Å². The number of amides is 1. The molecule has 1 fully saturated rings. The summed E-state index contributed by atoms with van der Waals surface area (Å²) in [7, 11) is 0. The van der Waals surface area contributed by atoms with Gasteiger partial charge in [-0.1, -0.05) is 41.5 Å². The summed E-state index contributed by atoms with van der Waals surface area (Å²) in [6, 6.07) is 1.21. The van der Waals surface area contributed by atoms with Crippen LogP contribution in [0.4, 0.5) is 15.0 Å². The van der Waals surface area contributed by atoms with Crippen molar-refractivity contribution in [1.82, 2.24) is 9.55 Å². The monoisotopic (exact) mass is 557 g/mol. The minimum Gasteiger partial charge on any atom is -0.459 e. The van der Waals surface area contributed by atoms with E-state index in [9.17, 15) is 24.0 Å². The average molecular weight is 558 g/mol. The predicted molar refractivity (Wildman–Crippen MR) is 133 cm³/mol. The summed E-state index contributed by atoms with van der Waals surface area (Å²) in [6.45, 7) is 11.4. The minimum absolute atomic E-state index is 0.171. The molecule has 0 radical (unpaired) electrons. The van der Waals surface area contributed by atoms with E-state index < -0.39 is 84.4 Å². The first kappa shape index (κ1) is 31.7. The molecule has 0 spiro atoms. The molecule has 0 aromatic carbocycles. The first-order valence-electron chi connectivity index (χ1n) is 12.6. The van der Waals surface area contributed by atoms with Crippen LogP contribution < -0.4 is 11.0 Å². The maximum absolute atomic E-state index is 16.4. The van der Waals surface area contributed by atoms with Crippen LogP contribution in [0.3, 0.4) is 0 Å². The fourth-order valence-corrected chi connectivity index (χ4v) is 3.23. The van der Waals surface area contributed by atoms with Crippen molar-refractivity contribution >= 4 is 29.8 Å². The fraction of sp³-hybridized carbons (Fsp3) is 0.680. The highest BCUT2D eigenvalue weighted by molar-refractivity contribution is 5.83. The van der Waals surface area contributed by atoms with Crippen LogP contribution in [0.25, 0.3) is 0 Å². The molecule has 1 aliphatic heterocycles. The van der Waals surface area contributed by atoms with Crippen LogP contribution in [0.1, 0.15) is 61.6 Å². The zero-order valence-electron chi connectivity index (χ0n) is 23.3. The number of hydrogen-bond acceptors (Lipinski definition) is 11. The van der Waals surface area contributed by atoms with Crippen molar-refractivity contribution in [2.75, 3.05) is 11.9 Å². The third-order valence-corrected chi connectivity index (χ3v) is 5.32. The van der Waals surface area contributed by atoms with E-state index in [-0.39, 0.29) is 5.82 Å². The van der Waals surface area contributed by atoms with Gasteiger partial charge in [0.1, 0.15) is 5.82 Å². The van der Waals surface area contributed by atoms with Crippen molar-refractivity contribution in [2.45, 2.75) is 85.8 Å². The largest absolute Gasteiger partial charge is 0.459 e. The normalized spacial score (nSPS) is 22.7. The number of alkyl halides is 1. The molecule has 2 rings (SSSR count). The lowest BCUT2D eigenvalue weighted by Crippen LogP contribution is -2.48. The SMILES string of the molecule is CC(C)OC(=O)Nc1ccn([C@@H]2O[C@](F)(COC(=O)C(C)C)[C@@H](OC(=O)C(C)C)[C@H]2OC(=O)C(C)C)c(=O)n1. The van der Waals surface area contributed by atoms with Gasteiger partial charge in [0.25, 0.3) is 5.85 Å². The quantitative estimate of drug-likeness (QED) is 0.333. The molecule has 1 N–H and O–H groups in total. The van der Waals surface area contributed by atoms with Crippen molar-refractivity contribution < 1.29 is 47.3 Å². The number of nitrogens with one attached hydrogen (secondary N) is 1. The Bertz CT molecular complexity index is 1120. The molecule has 39 heavy (non-hydrogen) atoms. The zero-order valence-corrected chi connectivity index (χ0v) is 23.3. The Hall–Kier alpha value is -3.55. The Morgan fingerprint density at radius 2 is 1.56 bits per heavy atom. The van der Waals surface area contributed by atoms with E-state index in [1.165, 1.54) is 47.6 Å². The Morgan fingerprint density at radius 1 is 1.00 bits per heavy atom. The summed E-state index contributed by atoms with van der Waals surface area (Å²) >= 11 is 0. The number of ether oxygens (including phenoxy) is 5. The van der Waals surface area contributed by atoms with Crippen molar-refractivity contribution in [1.29, 1.82) is 0 Å². The third-order valence-electron chi connectivity index (χ3n) is 5.32. The highest BCUT2D eigenvalue weighted by Crippen LogP contribution is 2.42. The molecule has 1 aromatic heterocycles. The highest BCUT2D eigenvalue weighted by atomic mass is 19.2. The van der Waals surface area contributed by atoms with Gasteiger partial charge in [0.15, 0.2) is 18.9 Å². The lowest BCUT2D eigenvalue weighted by atomic mass is 10.1. The lowest BCUT2D eigenvalue weighted by Gasteiger charge is -2.28. The van der Waals surface area contributed by atoms with E-state index in [2.05, 4.69) is 10.3 Å². The second kappa shape index (κ2) is 13.0.